The first-order valence-electron chi connectivity index (χ1n) is 8.45. The third-order valence-corrected chi connectivity index (χ3v) is 3.71. The SMILES string of the molecule is C#CCNC(=O)c1ccccc1NC(=O)c1ccc(NC(=O)C(C)C)cc1. The molecule has 0 unspecified atom stereocenters. The topological polar surface area (TPSA) is 87.3 Å². The van der Waals surface area contributed by atoms with E-state index in [4.69, 9.17) is 6.42 Å². The number of carbonyl (C=O) groups excluding carboxylic acids is 3. The van der Waals surface area contributed by atoms with Gasteiger partial charge in [-0.05, 0) is 36.4 Å². The van der Waals surface area contributed by atoms with Crippen LogP contribution in [0.2, 0.25) is 0 Å². The van der Waals surface area contributed by atoms with Crippen molar-refractivity contribution in [2.24, 2.45) is 5.92 Å². The molecule has 6 nitrogen and oxygen atoms in total. The molecule has 0 aliphatic rings. The fourth-order valence-electron chi connectivity index (χ4n) is 2.20. The zero-order valence-corrected chi connectivity index (χ0v) is 15.2. The Bertz CT molecular complexity index is 880. The molecule has 0 bridgehead atoms. The molecule has 2 rings (SSSR count). The van der Waals surface area contributed by atoms with Gasteiger partial charge in [0.15, 0.2) is 0 Å². The van der Waals surface area contributed by atoms with Crippen molar-refractivity contribution in [1.82, 2.24) is 5.32 Å². The second kappa shape index (κ2) is 9.20. The third kappa shape index (κ3) is 5.44. The normalized spacial score (nSPS) is 10.0. The Kier molecular flexibility index (Phi) is 6.73. The summed E-state index contributed by atoms with van der Waals surface area (Å²) in [5, 5.41) is 8.06. The van der Waals surface area contributed by atoms with Crippen molar-refractivity contribution in [3.8, 4) is 12.3 Å². The summed E-state index contributed by atoms with van der Waals surface area (Å²) < 4.78 is 0. The first-order chi connectivity index (χ1) is 12.9. The summed E-state index contributed by atoms with van der Waals surface area (Å²) in [5.41, 5.74) is 1.71. The minimum absolute atomic E-state index is 0.0980. The molecular weight excluding hydrogens is 342 g/mol. The minimum atomic E-state index is -0.367. The lowest BCUT2D eigenvalue weighted by molar-refractivity contribution is -0.118. The Labute approximate surface area is 158 Å². The van der Waals surface area contributed by atoms with Crippen LogP contribution in [0, 0.1) is 18.3 Å². The van der Waals surface area contributed by atoms with Gasteiger partial charge < -0.3 is 16.0 Å². The highest BCUT2D eigenvalue weighted by atomic mass is 16.2. The number of rotatable bonds is 6. The van der Waals surface area contributed by atoms with E-state index in [1.165, 1.54) is 0 Å². The van der Waals surface area contributed by atoms with Crippen LogP contribution < -0.4 is 16.0 Å². The number of carbonyl (C=O) groups is 3. The first kappa shape index (κ1) is 19.7. The Morgan fingerprint density at radius 1 is 0.963 bits per heavy atom. The Morgan fingerprint density at radius 3 is 2.26 bits per heavy atom. The number of para-hydroxylation sites is 1. The molecule has 0 aliphatic heterocycles. The van der Waals surface area contributed by atoms with Gasteiger partial charge in [0, 0.05) is 17.2 Å². The van der Waals surface area contributed by atoms with E-state index < -0.39 is 0 Å². The van der Waals surface area contributed by atoms with Gasteiger partial charge >= 0.3 is 0 Å². The second-order valence-electron chi connectivity index (χ2n) is 6.11. The van der Waals surface area contributed by atoms with Crippen molar-refractivity contribution in [3.05, 3.63) is 59.7 Å². The fourth-order valence-corrected chi connectivity index (χ4v) is 2.20. The molecule has 0 fully saturated rings. The van der Waals surface area contributed by atoms with Crippen LogP contribution in [0.3, 0.4) is 0 Å². The predicted molar refractivity (Wildman–Crippen MR) is 105 cm³/mol. The van der Waals surface area contributed by atoms with Crippen LogP contribution in [0.15, 0.2) is 48.5 Å². The lowest BCUT2D eigenvalue weighted by atomic mass is 10.1. The van der Waals surface area contributed by atoms with E-state index >= 15 is 0 Å². The van der Waals surface area contributed by atoms with Crippen LogP contribution in [0.4, 0.5) is 11.4 Å². The molecule has 6 heteroatoms. The van der Waals surface area contributed by atoms with Gasteiger partial charge in [0.05, 0.1) is 17.8 Å². The monoisotopic (exact) mass is 363 g/mol. The summed E-state index contributed by atoms with van der Waals surface area (Å²) in [4.78, 5) is 36.3. The molecule has 2 aromatic carbocycles. The van der Waals surface area contributed by atoms with E-state index in [0.29, 0.717) is 22.5 Å². The highest BCUT2D eigenvalue weighted by molar-refractivity contribution is 6.09. The van der Waals surface area contributed by atoms with Crippen LogP contribution in [-0.4, -0.2) is 24.3 Å². The Balaban J connectivity index is 2.11. The second-order valence-corrected chi connectivity index (χ2v) is 6.11. The van der Waals surface area contributed by atoms with Crippen molar-refractivity contribution in [2.75, 3.05) is 17.2 Å². The Morgan fingerprint density at radius 2 is 1.63 bits per heavy atom. The lowest BCUT2D eigenvalue weighted by Gasteiger charge is -2.11. The smallest absolute Gasteiger partial charge is 0.255 e. The summed E-state index contributed by atoms with van der Waals surface area (Å²) in [6.07, 6.45) is 5.15. The average Bonchev–Trinajstić information content (AvgIpc) is 2.67. The maximum atomic E-state index is 12.5. The summed E-state index contributed by atoms with van der Waals surface area (Å²) in [5.74, 6) is 1.37. The van der Waals surface area contributed by atoms with Gasteiger partial charge in [-0.3, -0.25) is 14.4 Å². The van der Waals surface area contributed by atoms with Crippen molar-refractivity contribution in [3.63, 3.8) is 0 Å². The molecule has 3 amide bonds. The van der Waals surface area contributed by atoms with Crippen LogP contribution in [0.1, 0.15) is 34.6 Å². The van der Waals surface area contributed by atoms with Gasteiger partial charge in [-0.2, -0.15) is 0 Å². The summed E-state index contributed by atoms with van der Waals surface area (Å²) >= 11 is 0. The number of hydrogen-bond donors (Lipinski definition) is 3. The highest BCUT2D eigenvalue weighted by Gasteiger charge is 2.14. The minimum Gasteiger partial charge on any atom is -0.341 e. The molecule has 0 atom stereocenters. The first-order valence-corrected chi connectivity index (χ1v) is 8.45. The number of terminal acetylenes is 1. The molecule has 27 heavy (non-hydrogen) atoms. The van der Waals surface area contributed by atoms with Gasteiger partial charge in [0.2, 0.25) is 5.91 Å². The van der Waals surface area contributed by atoms with Crippen molar-refractivity contribution in [2.45, 2.75) is 13.8 Å². The molecule has 0 heterocycles. The van der Waals surface area contributed by atoms with E-state index in [1.54, 1.807) is 62.4 Å². The number of anilines is 2. The van der Waals surface area contributed by atoms with Crippen LogP contribution >= 0.6 is 0 Å². The van der Waals surface area contributed by atoms with E-state index in [-0.39, 0.29) is 30.2 Å². The van der Waals surface area contributed by atoms with Gasteiger partial charge in [0.1, 0.15) is 0 Å². The van der Waals surface area contributed by atoms with Crippen LogP contribution in [0.5, 0.6) is 0 Å². The highest BCUT2D eigenvalue weighted by Crippen LogP contribution is 2.17. The van der Waals surface area contributed by atoms with Crippen LogP contribution in [0.25, 0.3) is 0 Å². The number of hydrogen-bond acceptors (Lipinski definition) is 3. The maximum absolute atomic E-state index is 12.5. The Hall–Kier alpha value is -3.59. The summed E-state index contributed by atoms with van der Waals surface area (Å²) in [6, 6.07) is 13.2. The molecule has 0 spiro atoms. The lowest BCUT2D eigenvalue weighted by Crippen LogP contribution is -2.25. The van der Waals surface area contributed by atoms with Crippen molar-refractivity contribution < 1.29 is 14.4 Å². The molecule has 138 valence electrons. The van der Waals surface area contributed by atoms with Gasteiger partial charge in [-0.1, -0.05) is 31.9 Å². The standard InChI is InChI=1S/C21H21N3O3/c1-4-13-22-21(27)17-7-5-6-8-18(17)24-20(26)15-9-11-16(12-10-15)23-19(25)14(2)3/h1,5-12,14H,13H2,2-3H3,(H,22,27)(H,23,25)(H,24,26). The average molecular weight is 363 g/mol. The third-order valence-electron chi connectivity index (χ3n) is 3.71. The number of amides is 3. The molecule has 0 aliphatic carbocycles. The van der Waals surface area contributed by atoms with E-state index in [1.807, 2.05) is 0 Å². The van der Waals surface area contributed by atoms with Gasteiger partial charge in [-0.25, -0.2) is 0 Å². The van der Waals surface area contributed by atoms with E-state index in [2.05, 4.69) is 21.9 Å². The molecule has 2 aromatic rings. The quantitative estimate of drug-likeness (QED) is 0.690. The molecular formula is C21H21N3O3. The van der Waals surface area contributed by atoms with Crippen molar-refractivity contribution >= 4 is 29.1 Å². The van der Waals surface area contributed by atoms with Crippen molar-refractivity contribution in [1.29, 1.82) is 0 Å². The predicted octanol–water partition coefficient (Wildman–Crippen LogP) is 2.90. The molecule has 0 aromatic heterocycles. The van der Waals surface area contributed by atoms with Gasteiger partial charge in [-0.15, -0.1) is 6.42 Å². The number of benzene rings is 2. The summed E-state index contributed by atoms with van der Waals surface area (Å²) in [6.45, 7) is 3.70. The maximum Gasteiger partial charge on any atom is 0.255 e. The van der Waals surface area contributed by atoms with E-state index in [0.717, 1.165) is 0 Å². The zero-order chi connectivity index (χ0) is 19.8. The largest absolute Gasteiger partial charge is 0.341 e. The molecule has 3 N–H and O–H groups in total. The van der Waals surface area contributed by atoms with Crippen LogP contribution in [-0.2, 0) is 4.79 Å². The van der Waals surface area contributed by atoms with Gasteiger partial charge in [0.25, 0.3) is 11.8 Å². The zero-order valence-electron chi connectivity index (χ0n) is 15.2. The summed E-state index contributed by atoms with van der Waals surface area (Å²) in [7, 11) is 0. The number of nitrogens with one attached hydrogen (secondary N) is 3. The molecule has 0 saturated carbocycles. The molecule has 0 radical (unpaired) electrons. The fraction of sp³-hybridized carbons (Fsp3) is 0.190. The van der Waals surface area contributed by atoms with E-state index in [9.17, 15) is 14.4 Å². The molecule has 0 saturated heterocycles.